The van der Waals surface area contributed by atoms with Crippen molar-refractivity contribution in [1.82, 2.24) is 10.2 Å². The molecule has 3 aromatic rings. The van der Waals surface area contributed by atoms with Crippen molar-refractivity contribution in [2.75, 3.05) is 32.6 Å². The van der Waals surface area contributed by atoms with Crippen LogP contribution < -0.4 is 20.1 Å². The number of hydrogen-bond donors (Lipinski definition) is 2. The van der Waals surface area contributed by atoms with E-state index >= 15 is 0 Å². The van der Waals surface area contributed by atoms with E-state index in [1.165, 1.54) is 18.3 Å². The number of carbonyl (C=O) groups excluding carboxylic acids is 3. The zero-order valence-corrected chi connectivity index (χ0v) is 18.4. The molecule has 0 saturated carbocycles. The average Bonchev–Trinajstić information content (AvgIpc) is 3.35. The molecular formula is C24H25N3O6. The third-order valence-electron chi connectivity index (χ3n) is 4.71. The van der Waals surface area contributed by atoms with Gasteiger partial charge in [-0.1, -0.05) is 12.1 Å². The standard InChI is InChI=1S/C24H25N3O6/c1-31-18-11-9-17(10-12-18)26-22(28)14-25-23(29)16-27(15-19-6-5-13-33-19)24(30)20-7-3-4-8-21(20)32-2/h3-13H,14-16H2,1-2H3,(H,25,29)(H,26,28). The molecule has 0 unspecified atom stereocenters. The van der Waals surface area contributed by atoms with E-state index in [4.69, 9.17) is 13.9 Å². The van der Waals surface area contributed by atoms with Gasteiger partial charge in [0.15, 0.2) is 0 Å². The van der Waals surface area contributed by atoms with Gasteiger partial charge in [-0.25, -0.2) is 0 Å². The monoisotopic (exact) mass is 451 g/mol. The number of para-hydroxylation sites is 1. The highest BCUT2D eigenvalue weighted by atomic mass is 16.5. The molecule has 3 amide bonds. The molecule has 2 aromatic carbocycles. The summed E-state index contributed by atoms with van der Waals surface area (Å²) in [5, 5.41) is 5.22. The van der Waals surface area contributed by atoms with E-state index in [1.807, 2.05) is 0 Å². The van der Waals surface area contributed by atoms with Gasteiger partial charge in [-0.15, -0.1) is 0 Å². The van der Waals surface area contributed by atoms with Gasteiger partial charge in [0.1, 0.15) is 23.8 Å². The molecule has 2 N–H and O–H groups in total. The van der Waals surface area contributed by atoms with Crippen molar-refractivity contribution in [3.8, 4) is 11.5 Å². The van der Waals surface area contributed by atoms with Gasteiger partial charge in [-0.3, -0.25) is 14.4 Å². The third-order valence-corrected chi connectivity index (χ3v) is 4.71. The molecule has 0 saturated heterocycles. The Kier molecular flexibility index (Phi) is 8.07. The Morgan fingerprint density at radius 2 is 1.67 bits per heavy atom. The lowest BCUT2D eigenvalue weighted by Crippen LogP contribution is -2.42. The van der Waals surface area contributed by atoms with E-state index in [0.29, 0.717) is 28.5 Å². The number of amides is 3. The second kappa shape index (κ2) is 11.4. The summed E-state index contributed by atoms with van der Waals surface area (Å²) in [6, 6.07) is 17.0. The fourth-order valence-electron chi connectivity index (χ4n) is 3.07. The fourth-order valence-corrected chi connectivity index (χ4v) is 3.07. The molecule has 0 radical (unpaired) electrons. The minimum Gasteiger partial charge on any atom is -0.497 e. The predicted octanol–water partition coefficient (Wildman–Crippen LogP) is 2.69. The van der Waals surface area contributed by atoms with E-state index in [1.54, 1.807) is 67.8 Å². The summed E-state index contributed by atoms with van der Waals surface area (Å²) in [5.74, 6) is 0.283. The number of methoxy groups -OCH3 is 2. The Bertz CT molecular complexity index is 1080. The molecule has 172 valence electrons. The highest BCUT2D eigenvalue weighted by Gasteiger charge is 2.23. The molecule has 0 bridgehead atoms. The predicted molar refractivity (Wildman–Crippen MR) is 121 cm³/mol. The highest BCUT2D eigenvalue weighted by molar-refractivity contribution is 5.99. The third kappa shape index (κ3) is 6.60. The van der Waals surface area contributed by atoms with Gasteiger partial charge in [-0.2, -0.15) is 0 Å². The summed E-state index contributed by atoms with van der Waals surface area (Å²) in [5.41, 5.74) is 0.887. The van der Waals surface area contributed by atoms with Crippen molar-refractivity contribution >= 4 is 23.4 Å². The van der Waals surface area contributed by atoms with E-state index in [2.05, 4.69) is 10.6 Å². The normalized spacial score (nSPS) is 10.2. The number of anilines is 1. The zero-order valence-electron chi connectivity index (χ0n) is 18.4. The van der Waals surface area contributed by atoms with Gasteiger partial charge in [0.25, 0.3) is 5.91 Å². The van der Waals surface area contributed by atoms with Crippen molar-refractivity contribution in [2.24, 2.45) is 0 Å². The van der Waals surface area contributed by atoms with Crippen LogP contribution in [-0.4, -0.2) is 49.9 Å². The molecule has 9 heteroatoms. The Labute approximate surface area is 191 Å². The van der Waals surface area contributed by atoms with Crippen LogP contribution in [0.3, 0.4) is 0 Å². The molecule has 0 fully saturated rings. The quantitative estimate of drug-likeness (QED) is 0.491. The van der Waals surface area contributed by atoms with Crippen LogP contribution in [0.5, 0.6) is 11.5 Å². The number of hydrogen-bond acceptors (Lipinski definition) is 6. The number of rotatable bonds is 10. The lowest BCUT2D eigenvalue weighted by molar-refractivity contribution is -0.124. The molecule has 0 spiro atoms. The van der Waals surface area contributed by atoms with Crippen LogP contribution in [-0.2, 0) is 16.1 Å². The molecule has 1 aromatic heterocycles. The topological polar surface area (TPSA) is 110 Å². The Morgan fingerprint density at radius 3 is 2.33 bits per heavy atom. The molecule has 33 heavy (non-hydrogen) atoms. The summed E-state index contributed by atoms with van der Waals surface area (Å²) in [6.45, 7) is -0.439. The van der Waals surface area contributed by atoms with Crippen LogP contribution in [0.4, 0.5) is 5.69 Å². The summed E-state index contributed by atoms with van der Waals surface area (Å²) in [4.78, 5) is 39.2. The van der Waals surface area contributed by atoms with Crippen molar-refractivity contribution in [3.63, 3.8) is 0 Å². The summed E-state index contributed by atoms with van der Waals surface area (Å²) < 4.78 is 15.7. The van der Waals surface area contributed by atoms with Crippen molar-refractivity contribution in [3.05, 3.63) is 78.3 Å². The number of nitrogens with zero attached hydrogens (tertiary/aromatic N) is 1. The minimum atomic E-state index is -0.491. The molecular weight excluding hydrogens is 426 g/mol. The average molecular weight is 451 g/mol. The van der Waals surface area contributed by atoms with Gasteiger partial charge in [0.05, 0.1) is 39.1 Å². The fraction of sp³-hybridized carbons (Fsp3) is 0.208. The first kappa shape index (κ1) is 23.4. The van der Waals surface area contributed by atoms with Crippen LogP contribution in [0.15, 0.2) is 71.3 Å². The lowest BCUT2D eigenvalue weighted by atomic mass is 10.1. The molecule has 0 atom stereocenters. The van der Waals surface area contributed by atoms with E-state index < -0.39 is 17.7 Å². The smallest absolute Gasteiger partial charge is 0.258 e. The molecule has 9 nitrogen and oxygen atoms in total. The van der Waals surface area contributed by atoms with Crippen LogP contribution in [0, 0.1) is 0 Å². The largest absolute Gasteiger partial charge is 0.497 e. The summed E-state index contributed by atoms with van der Waals surface area (Å²) in [6.07, 6.45) is 1.49. The SMILES string of the molecule is COc1ccc(NC(=O)CNC(=O)CN(Cc2ccco2)C(=O)c2ccccc2OC)cc1. The summed E-state index contributed by atoms with van der Waals surface area (Å²) >= 11 is 0. The summed E-state index contributed by atoms with van der Waals surface area (Å²) in [7, 11) is 3.02. The van der Waals surface area contributed by atoms with E-state index in [9.17, 15) is 14.4 Å². The molecule has 0 aliphatic carbocycles. The van der Waals surface area contributed by atoms with Crippen molar-refractivity contribution in [1.29, 1.82) is 0 Å². The van der Waals surface area contributed by atoms with Crippen LogP contribution in [0.2, 0.25) is 0 Å². The lowest BCUT2D eigenvalue weighted by Gasteiger charge is -2.22. The Balaban J connectivity index is 1.62. The van der Waals surface area contributed by atoms with Crippen LogP contribution >= 0.6 is 0 Å². The number of nitrogens with one attached hydrogen (secondary N) is 2. The first-order valence-corrected chi connectivity index (χ1v) is 10.2. The molecule has 0 aliphatic rings. The van der Waals surface area contributed by atoms with Gasteiger partial charge in [-0.05, 0) is 48.5 Å². The van der Waals surface area contributed by atoms with Crippen LogP contribution in [0.1, 0.15) is 16.1 Å². The minimum absolute atomic E-state index is 0.0787. The zero-order chi connectivity index (χ0) is 23.6. The van der Waals surface area contributed by atoms with Gasteiger partial charge in [0, 0.05) is 5.69 Å². The maximum atomic E-state index is 13.2. The van der Waals surface area contributed by atoms with Gasteiger partial charge < -0.3 is 29.4 Å². The van der Waals surface area contributed by atoms with Gasteiger partial charge in [0.2, 0.25) is 11.8 Å². The first-order chi connectivity index (χ1) is 16.0. The highest BCUT2D eigenvalue weighted by Crippen LogP contribution is 2.20. The molecule has 0 aliphatic heterocycles. The van der Waals surface area contributed by atoms with Gasteiger partial charge >= 0.3 is 0 Å². The Hall–Kier alpha value is -4.27. The number of carbonyl (C=O) groups is 3. The second-order valence-electron chi connectivity index (χ2n) is 6.99. The first-order valence-electron chi connectivity index (χ1n) is 10.2. The number of furan rings is 1. The van der Waals surface area contributed by atoms with Crippen molar-refractivity contribution < 1.29 is 28.3 Å². The molecule has 1 heterocycles. The van der Waals surface area contributed by atoms with Crippen LogP contribution in [0.25, 0.3) is 0 Å². The molecule has 3 rings (SSSR count). The number of benzene rings is 2. The van der Waals surface area contributed by atoms with E-state index in [0.717, 1.165) is 0 Å². The maximum Gasteiger partial charge on any atom is 0.258 e. The Morgan fingerprint density at radius 1 is 0.909 bits per heavy atom. The van der Waals surface area contributed by atoms with Crippen molar-refractivity contribution in [2.45, 2.75) is 6.54 Å². The maximum absolute atomic E-state index is 13.2. The van der Waals surface area contributed by atoms with E-state index in [-0.39, 0.29) is 19.6 Å². The number of ether oxygens (including phenoxy) is 2. The second-order valence-corrected chi connectivity index (χ2v) is 6.99.